The van der Waals surface area contributed by atoms with E-state index in [4.69, 9.17) is 9.47 Å². The summed E-state index contributed by atoms with van der Waals surface area (Å²) < 4.78 is 10.7. The molecule has 120 valence electrons. The van der Waals surface area contributed by atoms with Crippen LogP contribution < -0.4 is 0 Å². The third-order valence-corrected chi connectivity index (χ3v) is 5.39. The van der Waals surface area contributed by atoms with Gasteiger partial charge in [-0.2, -0.15) is 5.26 Å². The van der Waals surface area contributed by atoms with Crippen molar-refractivity contribution in [3.05, 3.63) is 0 Å². The van der Waals surface area contributed by atoms with Crippen molar-refractivity contribution >= 4 is 11.9 Å². The van der Waals surface area contributed by atoms with Crippen molar-refractivity contribution in [2.75, 3.05) is 39.5 Å². The first-order chi connectivity index (χ1) is 10.5. The van der Waals surface area contributed by atoms with Gasteiger partial charge in [0.15, 0.2) is 0 Å². The van der Waals surface area contributed by atoms with Crippen molar-refractivity contribution in [1.82, 2.24) is 4.90 Å². The van der Waals surface area contributed by atoms with Crippen molar-refractivity contribution < 1.29 is 24.2 Å². The highest BCUT2D eigenvalue weighted by molar-refractivity contribution is 5.87. The number of likely N-dealkylation sites (tertiary alicyclic amines) is 1. The summed E-state index contributed by atoms with van der Waals surface area (Å²) in [5.74, 6) is -1.30. The molecule has 0 spiro atoms. The Kier molecular flexibility index (Phi) is 3.83. The van der Waals surface area contributed by atoms with Crippen LogP contribution >= 0.6 is 0 Å². The Hall–Kier alpha value is -1.65. The van der Waals surface area contributed by atoms with Gasteiger partial charge in [-0.25, -0.2) is 0 Å². The van der Waals surface area contributed by atoms with E-state index in [1.165, 1.54) is 0 Å². The number of carboxylic acids is 1. The fourth-order valence-corrected chi connectivity index (χ4v) is 3.85. The molecule has 3 saturated heterocycles. The van der Waals surface area contributed by atoms with Crippen LogP contribution in [0.25, 0.3) is 0 Å². The summed E-state index contributed by atoms with van der Waals surface area (Å²) in [6.07, 6.45) is 1.17. The summed E-state index contributed by atoms with van der Waals surface area (Å²) >= 11 is 0. The van der Waals surface area contributed by atoms with Crippen LogP contribution in [-0.2, 0) is 19.1 Å². The zero-order valence-corrected chi connectivity index (χ0v) is 12.4. The predicted octanol–water partition coefficient (Wildman–Crippen LogP) is 0.256. The topological polar surface area (TPSA) is 99.9 Å². The van der Waals surface area contributed by atoms with Crippen LogP contribution in [0.3, 0.4) is 0 Å². The zero-order valence-electron chi connectivity index (χ0n) is 12.4. The number of carboxylic acid groups (broad SMARTS) is 1. The largest absolute Gasteiger partial charge is 0.481 e. The molecule has 7 nitrogen and oxygen atoms in total. The zero-order chi connectivity index (χ0) is 15.8. The number of amides is 1. The third kappa shape index (κ3) is 2.18. The number of carbonyl (C=O) groups excluding carboxylic acids is 1. The molecule has 3 rings (SSSR count). The molecule has 22 heavy (non-hydrogen) atoms. The maximum Gasteiger partial charge on any atom is 0.311 e. The van der Waals surface area contributed by atoms with Crippen LogP contribution in [0.2, 0.25) is 0 Å². The Morgan fingerprint density at radius 1 is 1.18 bits per heavy atom. The average molecular weight is 308 g/mol. The lowest BCUT2D eigenvalue weighted by Gasteiger charge is -2.34. The molecule has 3 heterocycles. The van der Waals surface area contributed by atoms with E-state index in [-0.39, 0.29) is 18.4 Å². The van der Waals surface area contributed by atoms with Crippen LogP contribution in [0.1, 0.15) is 19.3 Å². The second-order valence-electron chi connectivity index (χ2n) is 6.48. The SMILES string of the molecule is N#CC1(C(=O)N2C[C@H]3COCC[C@@]3(C(=O)O)C2)CCOCC1. The minimum atomic E-state index is -1.06. The van der Waals surface area contributed by atoms with Gasteiger partial charge in [-0.1, -0.05) is 0 Å². The number of ether oxygens (including phenoxy) is 2. The van der Waals surface area contributed by atoms with Crippen LogP contribution in [0.4, 0.5) is 0 Å². The lowest BCUT2D eigenvalue weighted by atomic mass is 9.74. The Balaban J connectivity index is 1.83. The number of nitrogens with zero attached hydrogens (tertiary/aromatic N) is 2. The van der Waals surface area contributed by atoms with Gasteiger partial charge in [0.1, 0.15) is 5.41 Å². The number of hydrogen-bond acceptors (Lipinski definition) is 5. The number of hydrogen-bond donors (Lipinski definition) is 1. The monoisotopic (exact) mass is 308 g/mol. The van der Waals surface area contributed by atoms with Crippen LogP contribution in [0.5, 0.6) is 0 Å². The molecule has 3 aliphatic heterocycles. The predicted molar refractivity (Wildman–Crippen MR) is 73.7 cm³/mol. The molecule has 2 atom stereocenters. The van der Waals surface area contributed by atoms with Crippen molar-refractivity contribution in [3.8, 4) is 6.07 Å². The molecular weight excluding hydrogens is 288 g/mol. The van der Waals surface area contributed by atoms with Gasteiger partial charge >= 0.3 is 5.97 Å². The smallest absolute Gasteiger partial charge is 0.311 e. The molecule has 0 bridgehead atoms. The van der Waals surface area contributed by atoms with E-state index in [0.717, 1.165) is 0 Å². The van der Waals surface area contributed by atoms with Crippen LogP contribution in [0, 0.1) is 28.1 Å². The molecule has 0 aromatic carbocycles. The van der Waals surface area contributed by atoms with E-state index in [2.05, 4.69) is 6.07 Å². The first kappa shape index (κ1) is 15.3. The van der Waals surface area contributed by atoms with Gasteiger partial charge < -0.3 is 19.5 Å². The fourth-order valence-electron chi connectivity index (χ4n) is 3.85. The maximum atomic E-state index is 12.9. The molecular formula is C15H20N2O5. The van der Waals surface area contributed by atoms with Gasteiger partial charge in [-0.05, 0) is 19.3 Å². The fraction of sp³-hybridized carbons (Fsp3) is 0.800. The van der Waals surface area contributed by atoms with Gasteiger partial charge in [-0.3, -0.25) is 9.59 Å². The van der Waals surface area contributed by atoms with E-state index < -0.39 is 16.8 Å². The summed E-state index contributed by atoms with van der Waals surface area (Å²) in [5.41, 5.74) is -1.98. The minimum absolute atomic E-state index is 0.180. The molecule has 0 saturated carbocycles. The molecule has 0 radical (unpaired) electrons. The summed E-state index contributed by atoms with van der Waals surface area (Å²) in [4.78, 5) is 26.2. The average Bonchev–Trinajstić information content (AvgIpc) is 2.95. The number of rotatable bonds is 2. The lowest BCUT2D eigenvalue weighted by Crippen LogP contribution is -2.47. The number of carbonyl (C=O) groups is 2. The van der Waals surface area contributed by atoms with E-state index in [9.17, 15) is 20.0 Å². The van der Waals surface area contributed by atoms with Crippen molar-refractivity contribution in [3.63, 3.8) is 0 Å². The Bertz CT molecular complexity index is 523. The van der Waals surface area contributed by atoms with Crippen molar-refractivity contribution in [2.24, 2.45) is 16.7 Å². The van der Waals surface area contributed by atoms with E-state index >= 15 is 0 Å². The van der Waals surface area contributed by atoms with Gasteiger partial charge in [0.05, 0.1) is 18.1 Å². The molecule has 3 aliphatic rings. The third-order valence-electron chi connectivity index (χ3n) is 5.39. The maximum absolute atomic E-state index is 12.9. The van der Waals surface area contributed by atoms with E-state index in [0.29, 0.717) is 52.2 Å². The van der Waals surface area contributed by atoms with E-state index in [1.54, 1.807) is 4.90 Å². The Morgan fingerprint density at radius 3 is 2.45 bits per heavy atom. The van der Waals surface area contributed by atoms with Crippen molar-refractivity contribution in [2.45, 2.75) is 19.3 Å². The summed E-state index contributed by atoms with van der Waals surface area (Å²) in [5, 5.41) is 19.2. The molecule has 0 unspecified atom stereocenters. The minimum Gasteiger partial charge on any atom is -0.481 e. The van der Waals surface area contributed by atoms with Crippen LogP contribution in [0.15, 0.2) is 0 Å². The molecule has 0 aromatic heterocycles. The van der Waals surface area contributed by atoms with Gasteiger partial charge in [0, 0.05) is 38.8 Å². The summed E-state index contributed by atoms with van der Waals surface area (Å²) in [6, 6.07) is 2.17. The lowest BCUT2D eigenvalue weighted by molar-refractivity contribution is -0.157. The van der Waals surface area contributed by atoms with Crippen molar-refractivity contribution in [1.29, 1.82) is 5.26 Å². The van der Waals surface area contributed by atoms with E-state index in [1.807, 2.05) is 0 Å². The highest BCUT2D eigenvalue weighted by Crippen LogP contribution is 2.44. The summed E-state index contributed by atoms with van der Waals surface area (Å²) in [6.45, 7) is 2.09. The molecule has 0 aliphatic carbocycles. The Morgan fingerprint density at radius 2 is 1.86 bits per heavy atom. The highest BCUT2D eigenvalue weighted by Gasteiger charge is 2.57. The van der Waals surface area contributed by atoms with Gasteiger partial charge in [0.25, 0.3) is 0 Å². The molecule has 0 aromatic rings. The molecule has 3 fully saturated rings. The number of nitriles is 1. The van der Waals surface area contributed by atoms with Crippen LogP contribution in [-0.4, -0.2) is 61.4 Å². The molecule has 7 heteroatoms. The summed E-state index contributed by atoms with van der Waals surface area (Å²) in [7, 11) is 0. The quantitative estimate of drug-likeness (QED) is 0.785. The molecule has 1 amide bonds. The first-order valence-corrected chi connectivity index (χ1v) is 7.64. The highest BCUT2D eigenvalue weighted by atomic mass is 16.5. The second kappa shape index (κ2) is 5.52. The Labute approximate surface area is 128 Å². The number of fused-ring (bicyclic) bond motifs is 1. The second-order valence-corrected chi connectivity index (χ2v) is 6.48. The van der Waals surface area contributed by atoms with Gasteiger partial charge in [0.2, 0.25) is 5.91 Å². The standard InChI is InChI=1S/C15H20N2O5/c16-9-14(1-4-21-5-2-14)12(18)17-7-11-8-22-6-3-15(11,10-17)13(19)20/h11H,1-8,10H2,(H,19,20)/t11-,15+/m0/s1. The van der Waals surface area contributed by atoms with Gasteiger partial charge in [-0.15, -0.1) is 0 Å². The first-order valence-electron chi connectivity index (χ1n) is 7.64. The normalized spacial score (nSPS) is 33.8. The number of aliphatic carboxylic acids is 1. The molecule has 1 N–H and O–H groups in total.